The highest BCUT2D eigenvalue weighted by Crippen LogP contribution is 2.24. The summed E-state index contributed by atoms with van der Waals surface area (Å²) in [6.45, 7) is -0.621. The molecule has 1 N–H and O–H groups in total. The molecular weight excluding hydrogens is 485 g/mol. The van der Waals surface area contributed by atoms with Crippen LogP contribution in [-0.4, -0.2) is 65.6 Å². The van der Waals surface area contributed by atoms with Crippen LogP contribution < -0.4 is 10.1 Å². The second-order valence-corrected chi connectivity index (χ2v) is 7.78. The molecule has 2 amide bonds. The van der Waals surface area contributed by atoms with Crippen molar-refractivity contribution >= 4 is 34.4 Å². The first kappa shape index (κ1) is 23.8. The van der Waals surface area contributed by atoms with E-state index in [4.69, 9.17) is 25.2 Å². The van der Waals surface area contributed by atoms with Crippen molar-refractivity contribution in [3.63, 3.8) is 0 Å². The number of amides is 2. The number of piperidine rings is 1. The number of carbonyl (C=O) groups is 2. The number of benzene rings is 1. The Bertz CT molecular complexity index is 1170. The maximum absolute atomic E-state index is 12.5. The van der Waals surface area contributed by atoms with Crippen LogP contribution in [0.25, 0.3) is 11.0 Å². The second-order valence-electron chi connectivity index (χ2n) is 7.35. The maximum Gasteiger partial charge on any atom is 0.522 e. The van der Waals surface area contributed by atoms with E-state index in [0.717, 1.165) is 0 Å². The lowest BCUT2D eigenvalue weighted by Gasteiger charge is -2.31. The van der Waals surface area contributed by atoms with Crippen LogP contribution in [0.3, 0.4) is 0 Å². The third kappa shape index (κ3) is 5.97. The van der Waals surface area contributed by atoms with Gasteiger partial charge in [0, 0.05) is 29.5 Å². The zero-order valence-electron chi connectivity index (χ0n) is 17.4. The molecule has 10 nitrogen and oxygen atoms in total. The van der Waals surface area contributed by atoms with E-state index in [1.807, 2.05) is 0 Å². The zero-order valence-corrected chi connectivity index (χ0v) is 18.2. The van der Waals surface area contributed by atoms with Gasteiger partial charge in [-0.3, -0.25) is 14.3 Å². The van der Waals surface area contributed by atoms with E-state index in [-0.39, 0.29) is 23.6 Å². The smallest absolute Gasteiger partial charge is 0.451 e. The van der Waals surface area contributed by atoms with Gasteiger partial charge in [0.25, 0.3) is 5.91 Å². The van der Waals surface area contributed by atoms with Crippen LogP contribution in [0.2, 0.25) is 5.02 Å². The second kappa shape index (κ2) is 9.89. The lowest BCUT2D eigenvalue weighted by Crippen LogP contribution is -2.46. The van der Waals surface area contributed by atoms with E-state index in [1.165, 1.54) is 4.90 Å². The number of ether oxygens (including phenoxy) is 2. The number of carbonyl (C=O) groups excluding carboxylic acids is 2. The van der Waals surface area contributed by atoms with Crippen molar-refractivity contribution in [3.05, 3.63) is 40.9 Å². The van der Waals surface area contributed by atoms with E-state index in [2.05, 4.69) is 20.3 Å². The van der Waals surface area contributed by atoms with Gasteiger partial charge in [0.15, 0.2) is 5.76 Å². The van der Waals surface area contributed by atoms with Gasteiger partial charge in [0.2, 0.25) is 0 Å². The van der Waals surface area contributed by atoms with Gasteiger partial charge in [-0.05, 0) is 37.1 Å². The van der Waals surface area contributed by atoms with Crippen molar-refractivity contribution in [1.29, 1.82) is 0 Å². The standard InChI is InChI=1S/C20H18ClF3N4O6/c21-12-1-2-14-11(9-12)10-15(33-14)16(29)25-13-3-5-28(6-4-13)18(30)17-26-27-19(34-17)31-7-8-32-20(22,23)24/h1-2,9-10,13H,3-8H2,(H,25,29). The molecule has 0 radical (unpaired) electrons. The Hall–Kier alpha value is -3.32. The van der Waals surface area contributed by atoms with Crippen LogP contribution in [0.4, 0.5) is 13.2 Å². The Morgan fingerprint density at radius 3 is 2.65 bits per heavy atom. The third-order valence-corrected chi connectivity index (χ3v) is 5.22. The maximum atomic E-state index is 12.5. The molecule has 0 spiro atoms. The van der Waals surface area contributed by atoms with Crippen LogP contribution in [0, 0.1) is 0 Å². The molecule has 0 unspecified atom stereocenters. The molecular formula is C20H18ClF3N4O6. The molecule has 1 aliphatic rings. The summed E-state index contributed by atoms with van der Waals surface area (Å²) in [7, 11) is 0. The molecule has 14 heteroatoms. The Kier molecular flexibility index (Phi) is 6.93. The van der Waals surface area contributed by atoms with Gasteiger partial charge in [-0.15, -0.1) is 13.2 Å². The van der Waals surface area contributed by atoms with Gasteiger partial charge >= 0.3 is 24.2 Å². The number of aromatic nitrogens is 2. The number of furan rings is 1. The van der Waals surface area contributed by atoms with E-state index in [9.17, 15) is 22.8 Å². The zero-order chi connectivity index (χ0) is 24.3. The highest BCUT2D eigenvalue weighted by atomic mass is 35.5. The number of nitrogens with one attached hydrogen (secondary N) is 1. The van der Waals surface area contributed by atoms with Crippen molar-refractivity contribution in [2.75, 3.05) is 26.3 Å². The molecule has 1 fully saturated rings. The van der Waals surface area contributed by atoms with Gasteiger partial charge < -0.3 is 23.8 Å². The highest BCUT2D eigenvalue weighted by molar-refractivity contribution is 6.31. The fourth-order valence-corrected chi connectivity index (χ4v) is 3.57. The molecule has 1 aliphatic heterocycles. The molecule has 0 aliphatic carbocycles. The number of halogens is 4. The molecule has 3 heterocycles. The minimum atomic E-state index is -4.77. The van der Waals surface area contributed by atoms with Crippen molar-refractivity contribution < 1.29 is 41.1 Å². The molecule has 1 saturated heterocycles. The van der Waals surface area contributed by atoms with Gasteiger partial charge in [-0.25, -0.2) is 0 Å². The molecule has 2 aromatic heterocycles. The first-order valence-electron chi connectivity index (χ1n) is 10.1. The summed E-state index contributed by atoms with van der Waals surface area (Å²) in [5, 5.41) is 11.2. The Morgan fingerprint density at radius 2 is 1.91 bits per heavy atom. The molecule has 3 aromatic rings. The predicted octanol–water partition coefficient (Wildman–Crippen LogP) is 3.42. The number of alkyl halides is 3. The number of hydrogen-bond donors (Lipinski definition) is 1. The number of fused-ring (bicyclic) bond motifs is 1. The van der Waals surface area contributed by atoms with E-state index in [1.54, 1.807) is 24.3 Å². The van der Waals surface area contributed by atoms with Crippen molar-refractivity contribution in [2.45, 2.75) is 25.2 Å². The number of hydrogen-bond acceptors (Lipinski definition) is 8. The number of likely N-dealkylation sites (tertiary alicyclic amines) is 1. The van der Waals surface area contributed by atoms with Crippen LogP contribution in [-0.2, 0) is 4.74 Å². The summed E-state index contributed by atoms with van der Waals surface area (Å²) in [6.07, 6.45) is -4.25. The molecule has 182 valence electrons. The normalized spacial score (nSPS) is 15.0. The van der Waals surface area contributed by atoms with Gasteiger partial charge in [-0.1, -0.05) is 21.8 Å². The lowest BCUT2D eigenvalue weighted by molar-refractivity contribution is -0.325. The van der Waals surface area contributed by atoms with Crippen LogP contribution in [0.1, 0.15) is 34.1 Å². The first-order chi connectivity index (χ1) is 16.2. The van der Waals surface area contributed by atoms with Crippen LogP contribution in [0.15, 0.2) is 33.1 Å². The van der Waals surface area contributed by atoms with E-state index < -0.39 is 31.6 Å². The third-order valence-electron chi connectivity index (χ3n) is 4.98. The number of nitrogens with zero attached hydrogens (tertiary/aromatic N) is 3. The largest absolute Gasteiger partial charge is 0.522 e. The Balaban J connectivity index is 1.24. The van der Waals surface area contributed by atoms with Gasteiger partial charge in [0.05, 0.1) is 6.61 Å². The van der Waals surface area contributed by atoms with Gasteiger partial charge in [0.1, 0.15) is 12.2 Å². The minimum absolute atomic E-state index is 0.162. The van der Waals surface area contributed by atoms with Crippen molar-refractivity contribution in [3.8, 4) is 6.08 Å². The highest BCUT2D eigenvalue weighted by Gasteiger charge is 2.30. The molecule has 4 rings (SSSR count). The summed E-state index contributed by atoms with van der Waals surface area (Å²) >= 11 is 5.95. The van der Waals surface area contributed by atoms with Crippen molar-refractivity contribution in [1.82, 2.24) is 20.4 Å². The molecule has 0 saturated carbocycles. The fraction of sp³-hybridized carbons (Fsp3) is 0.400. The van der Waals surface area contributed by atoms with E-state index in [0.29, 0.717) is 41.9 Å². The molecule has 34 heavy (non-hydrogen) atoms. The number of rotatable bonds is 7. The van der Waals surface area contributed by atoms with Gasteiger partial charge in [-0.2, -0.15) is 0 Å². The lowest BCUT2D eigenvalue weighted by atomic mass is 10.0. The SMILES string of the molecule is O=C(NC1CCN(C(=O)c2nnc(OCCOC(F)(F)F)o2)CC1)c1cc2cc(Cl)ccc2o1. The Labute approximate surface area is 194 Å². The monoisotopic (exact) mass is 502 g/mol. The topological polar surface area (TPSA) is 120 Å². The summed E-state index contributed by atoms with van der Waals surface area (Å²) in [4.78, 5) is 26.5. The Morgan fingerprint density at radius 1 is 1.15 bits per heavy atom. The quantitative estimate of drug-likeness (QED) is 0.488. The average Bonchev–Trinajstić information content (AvgIpc) is 3.43. The molecule has 1 aromatic carbocycles. The predicted molar refractivity (Wildman–Crippen MR) is 109 cm³/mol. The molecule has 0 bridgehead atoms. The fourth-order valence-electron chi connectivity index (χ4n) is 3.39. The average molecular weight is 503 g/mol. The summed E-state index contributed by atoms with van der Waals surface area (Å²) < 4.78 is 54.8. The van der Waals surface area contributed by atoms with Crippen LogP contribution in [0.5, 0.6) is 6.08 Å². The van der Waals surface area contributed by atoms with E-state index >= 15 is 0 Å². The summed E-state index contributed by atoms with van der Waals surface area (Å²) in [5.74, 6) is -1.11. The summed E-state index contributed by atoms with van der Waals surface area (Å²) in [5.41, 5.74) is 0.547. The minimum Gasteiger partial charge on any atom is -0.451 e. The first-order valence-corrected chi connectivity index (χ1v) is 10.5. The van der Waals surface area contributed by atoms with Crippen molar-refractivity contribution in [2.24, 2.45) is 0 Å². The molecule has 0 atom stereocenters. The van der Waals surface area contributed by atoms with Crippen LogP contribution >= 0.6 is 11.6 Å². The summed E-state index contributed by atoms with van der Waals surface area (Å²) in [6, 6.07) is 6.49.